The van der Waals surface area contributed by atoms with Crippen LogP contribution in [0.1, 0.15) is 32.1 Å². The zero-order valence-corrected chi connectivity index (χ0v) is 12.4. The molecule has 0 amide bonds. The molecule has 1 aromatic heterocycles. The van der Waals surface area contributed by atoms with Gasteiger partial charge in [-0.3, -0.25) is 4.98 Å². The molecule has 3 nitrogen and oxygen atoms in total. The van der Waals surface area contributed by atoms with Crippen molar-refractivity contribution in [2.75, 3.05) is 11.9 Å². The highest BCUT2D eigenvalue weighted by molar-refractivity contribution is 5.81. The van der Waals surface area contributed by atoms with E-state index in [4.69, 9.17) is 0 Å². The Bertz CT molecular complexity index is 619. The van der Waals surface area contributed by atoms with Gasteiger partial charge in [-0.05, 0) is 50.3 Å². The van der Waals surface area contributed by atoms with Crippen molar-refractivity contribution in [3.8, 4) is 0 Å². The Morgan fingerprint density at radius 3 is 2.95 bits per heavy atom. The van der Waals surface area contributed by atoms with Gasteiger partial charge in [0.15, 0.2) is 0 Å². The molecule has 1 aliphatic carbocycles. The van der Waals surface area contributed by atoms with Gasteiger partial charge in [-0.15, -0.1) is 0 Å². The molecule has 21 heavy (non-hydrogen) atoms. The molecule has 2 fully saturated rings. The molecule has 2 N–H and O–H groups in total. The van der Waals surface area contributed by atoms with Crippen LogP contribution in [0.25, 0.3) is 10.9 Å². The average Bonchev–Trinajstić information content (AvgIpc) is 3.18. The molecule has 0 radical (unpaired) electrons. The molecule has 4 rings (SSSR count). The topological polar surface area (TPSA) is 37.0 Å². The first-order valence-corrected chi connectivity index (χ1v) is 8.25. The third kappa shape index (κ3) is 2.62. The van der Waals surface area contributed by atoms with Crippen molar-refractivity contribution in [3.05, 3.63) is 36.5 Å². The van der Waals surface area contributed by atoms with Crippen molar-refractivity contribution in [3.63, 3.8) is 0 Å². The molecular formula is C18H23N3. The van der Waals surface area contributed by atoms with E-state index in [-0.39, 0.29) is 0 Å². The van der Waals surface area contributed by atoms with Crippen LogP contribution >= 0.6 is 0 Å². The Morgan fingerprint density at radius 1 is 1.10 bits per heavy atom. The van der Waals surface area contributed by atoms with Crippen molar-refractivity contribution in [1.29, 1.82) is 0 Å². The monoisotopic (exact) mass is 281 g/mol. The number of fused-ring (bicyclic) bond motifs is 1. The third-order valence-corrected chi connectivity index (χ3v) is 5.13. The second-order valence-electron chi connectivity index (χ2n) is 6.47. The third-order valence-electron chi connectivity index (χ3n) is 5.13. The fraction of sp³-hybridized carbons (Fsp3) is 0.500. The van der Waals surface area contributed by atoms with Gasteiger partial charge in [-0.1, -0.05) is 24.6 Å². The largest absolute Gasteiger partial charge is 0.381 e. The van der Waals surface area contributed by atoms with Crippen molar-refractivity contribution in [2.24, 2.45) is 5.92 Å². The maximum atomic E-state index is 4.57. The van der Waals surface area contributed by atoms with Gasteiger partial charge in [0.1, 0.15) is 0 Å². The Kier molecular flexibility index (Phi) is 3.52. The predicted molar refractivity (Wildman–Crippen MR) is 87.5 cm³/mol. The van der Waals surface area contributed by atoms with Crippen LogP contribution in [0, 0.1) is 5.92 Å². The Morgan fingerprint density at radius 2 is 2.05 bits per heavy atom. The molecule has 2 aliphatic rings. The summed E-state index contributed by atoms with van der Waals surface area (Å²) in [7, 11) is 0. The van der Waals surface area contributed by atoms with Crippen LogP contribution in [-0.2, 0) is 0 Å². The van der Waals surface area contributed by atoms with E-state index < -0.39 is 0 Å². The van der Waals surface area contributed by atoms with Gasteiger partial charge in [-0.25, -0.2) is 0 Å². The van der Waals surface area contributed by atoms with Gasteiger partial charge in [0.25, 0.3) is 0 Å². The maximum Gasteiger partial charge on any atom is 0.0703 e. The first-order chi connectivity index (χ1) is 10.4. The molecule has 1 aromatic carbocycles. The van der Waals surface area contributed by atoms with Crippen molar-refractivity contribution >= 4 is 16.6 Å². The van der Waals surface area contributed by atoms with Crippen LogP contribution in [-0.4, -0.2) is 23.6 Å². The number of hydrogen-bond acceptors (Lipinski definition) is 3. The van der Waals surface area contributed by atoms with Crippen LogP contribution in [0.3, 0.4) is 0 Å². The number of para-hydroxylation sites is 1. The van der Waals surface area contributed by atoms with Crippen LogP contribution in [0.5, 0.6) is 0 Å². The molecule has 3 unspecified atom stereocenters. The van der Waals surface area contributed by atoms with Crippen LogP contribution < -0.4 is 10.6 Å². The van der Waals surface area contributed by atoms with E-state index in [1.165, 1.54) is 49.7 Å². The van der Waals surface area contributed by atoms with E-state index in [2.05, 4.69) is 39.9 Å². The number of anilines is 1. The van der Waals surface area contributed by atoms with Crippen LogP contribution in [0.2, 0.25) is 0 Å². The van der Waals surface area contributed by atoms with Gasteiger partial charge in [-0.2, -0.15) is 0 Å². The number of nitrogens with one attached hydrogen (secondary N) is 2. The van der Waals surface area contributed by atoms with Crippen LogP contribution in [0.15, 0.2) is 36.5 Å². The summed E-state index contributed by atoms with van der Waals surface area (Å²) in [5.74, 6) is 0.777. The lowest BCUT2D eigenvalue weighted by Gasteiger charge is -2.27. The molecule has 1 saturated heterocycles. The normalized spacial score (nSPS) is 29.0. The van der Waals surface area contributed by atoms with Gasteiger partial charge in [0.05, 0.1) is 17.4 Å². The summed E-state index contributed by atoms with van der Waals surface area (Å²) in [4.78, 5) is 4.57. The van der Waals surface area contributed by atoms with Crippen molar-refractivity contribution in [1.82, 2.24) is 10.3 Å². The van der Waals surface area contributed by atoms with E-state index in [0.717, 1.165) is 17.5 Å². The minimum Gasteiger partial charge on any atom is -0.381 e. The summed E-state index contributed by atoms with van der Waals surface area (Å²) in [6.07, 6.45) is 8.66. The summed E-state index contributed by atoms with van der Waals surface area (Å²) in [6, 6.07) is 11.9. The molecule has 3 atom stereocenters. The van der Waals surface area contributed by atoms with E-state index >= 15 is 0 Å². The van der Waals surface area contributed by atoms with Gasteiger partial charge < -0.3 is 10.6 Å². The number of benzene rings is 1. The average molecular weight is 281 g/mol. The highest BCUT2D eigenvalue weighted by atomic mass is 15.0. The molecule has 110 valence electrons. The summed E-state index contributed by atoms with van der Waals surface area (Å²) in [5, 5.41) is 8.66. The molecule has 0 bridgehead atoms. The molecule has 3 heteroatoms. The second-order valence-corrected chi connectivity index (χ2v) is 6.47. The fourth-order valence-electron chi connectivity index (χ4n) is 4.09. The molecule has 2 heterocycles. The molecule has 1 saturated carbocycles. The number of rotatable bonds is 3. The summed E-state index contributed by atoms with van der Waals surface area (Å²) < 4.78 is 0. The highest BCUT2D eigenvalue weighted by Gasteiger charge is 2.34. The predicted octanol–water partition coefficient (Wildman–Crippen LogP) is 3.57. The first-order valence-electron chi connectivity index (χ1n) is 8.25. The minimum absolute atomic E-state index is 0.601. The quantitative estimate of drug-likeness (QED) is 0.903. The number of nitrogens with zero attached hydrogens (tertiary/aromatic N) is 1. The fourth-order valence-corrected chi connectivity index (χ4v) is 4.09. The lowest BCUT2D eigenvalue weighted by molar-refractivity contribution is 0.376. The van der Waals surface area contributed by atoms with Crippen LogP contribution in [0.4, 0.5) is 5.69 Å². The Labute approximate surface area is 126 Å². The van der Waals surface area contributed by atoms with Crippen molar-refractivity contribution < 1.29 is 0 Å². The van der Waals surface area contributed by atoms with E-state index in [9.17, 15) is 0 Å². The molecule has 0 spiro atoms. The van der Waals surface area contributed by atoms with E-state index in [1.54, 1.807) is 0 Å². The zero-order chi connectivity index (χ0) is 14.1. The molecule has 2 aromatic rings. The van der Waals surface area contributed by atoms with Crippen molar-refractivity contribution in [2.45, 2.75) is 44.2 Å². The smallest absolute Gasteiger partial charge is 0.0703 e. The Balaban J connectivity index is 1.53. The maximum absolute atomic E-state index is 4.57. The molecule has 1 aliphatic heterocycles. The number of aromatic nitrogens is 1. The zero-order valence-electron chi connectivity index (χ0n) is 12.4. The standard InChI is InChI=1S/C18H23N3/c1-2-7-16-13(5-1)11-14(12-20-16)21-18-8-3-6-15(18)17-9-4-10-19-17/h1-2,5,7,11-12,15,17-19,21H,3-4,6,8-10H2. The second kappa shape index (κ2) is 5.64. The first kappa shape index (κ1) is 13.1. The minimum atomic E-state index is 0.601. The molecular weight excluding hydrogens is 258 g/mol. The van der Waals surface area contributed by atoms with Gasteiger partial charge >= 0.3 is 0 Å². The lowest BCUT2D eigenvalue weighted by Crippen LogP contribution is -2.38. The summed E-state index contributed by atoms with van der Waals surface area (Å²) >= 11 is 0. The lowest BCUT2D eigenvalue weighted by atomic mass is 9.93. The Hall–Kier alpha value is -1.61. The van der Waals surface area contributed by atoms with E-state index in [0.29, 0.717) is 6.04 Å². The highest BCUT2D eigenvalue weighted by Crippen LogP contribution is 2.34. The number of pyridine rings is 1. The van der Waals surface area contributed by atoms with E-state index in [1.807, 2.05) is 12.3 Å². The number of hydrogen-bond donors (Lipinski definition) is 2. The van der Waals surface area contributed by atoms with Gasteiger partial charge in [0, 0.05) is 17.5 Å². The summed E-state index contributed by atoms with van der Waals surface area (Å²) in [5.41, 5.74) is 2.24. The SMILES string of the molecule is c1ccc2ncc(NC3CCCC3C3CCCN3)cc2c1. The summed E-state index contributed by atoms with van der Waals surface area (Å²) in [6.45, 7) is 1.20. The van der Waals surface area contributed by atoms with Gasteiger partial charge in [0.2, 0.25) is 0 Å².